The first-order valence-corrected chi connectivity index (χ1v) is 7.09. The molecule has 2 aliphatic rings. The molecule has 1 aliphatic carbocycles. The number of hydrogen-bond acceptors (Lipinski definition) is 2. The second kappa shape index (κ2) is 4.50. The number of rotatable bonds is 0. The Labute approximate surface area is 118 Å². The van der Waals surface area contributed by atoms with Gasteiger partial charge in [-0.15, -0.1) is 0 Å². The Hall–Kier alpha value is -2.06. The van der Waals surface area contributed by atoms with E-state index in [-0.39, 0.29) is 6.10 Å². The molecule has 0 saturated heterocycles. The highest BCUT2D eigenvalue weighted by molar-refractivity contribution is 5.96. The summed E-state index contributed by atoms with van der Waals surface area (Å²) < 4.78 is 6.11. The van der Waals surface area contributed by atoms with Crippen LogP contribution in [0, 0.1) is 0 Å². The lowest BCUT2D eigenvalue weighted by molar-refractivity contribution is 0.169. The zero-order chi connectivity index (χ0) is 13.5. The highest BCUT2D eigenvalue weighted by Gasteiger charge is 2.27. The summed E-state index contributed by atoms with van der Waals surface area (Å²) in [5.74, 6) is 1.81. The fourth-order valence-corrected chi connectivity index (χ4v) is 3.22. The van der Waals surface area contributed by atoms with Gasteiger partial charge in [-0.05, 0) is 42.5 Å². The first kappa shape index (κ1) is 11.7. The summed E-state index contributed by atoms with van der Waals surface area (Å²) in [5, 5.41) is 10.0. The van der Waals surface area contributed by atoms with Crippen LogP contribution >= 0.6 is 0 Å². The van der Waals surface area contributed by atoms with E-state index in [9.17, 15) is 5.11 Å². The number of aliphatic hydroxyl groups excluding tert-OH is 1. The molecule has 1 N–H and O–H groups in total. The van der Waals surface area contributed by atoms with Gasteiger partial charge in [0.1, 0.15) is 11.5 Å². The van der Waals surface area contributed by atoms with Gasteiger partial charge in [-0.25, -0.2) is 0 Å². The average Bonchev–Trinajstić information content (AvgIpc) is 2.61. The van der Waals surface area contributed by atoms with E-state index in [0.29, 0.717) is 6.42 Å². The Bertz CT molecular complexity index is 700. The fraction of sp³-hybridized carbons (Fsp3) is 0.222. The molecule has 1 unspecified atom stereocenters. The molecule has 0 amide bonds. The van der Waals surface area contributed by atoms with Crippen molar-refractivity contribution in [2.75, 3.05) is 0 Å². The summed E-state index contributed by atoms with van der Waals surface area (Å²) in [6.45, 7) is 0. The van der Waals surface area contributed by atoms with Gasteiger partial charge in [0.2, 0.25) is 0 Å². The summed E-state index contributed by atoms with van der Waals surface area (Å²) in [6, 6.07) is 16.3. The third-order valence-electron chi connectivity index (χ3n) is 4.18. The highest BCUT2D eigenvalue weighted by Crippen LogP contribution is 2.47. The van der Waals surface area contributed by atoms with Crippen molar-refractivity contribution in [3.63, 3.8) is 0 Å². The molecule has 2 aromatic carbocycles. The van der Waals surface area contributed by atoms with Crippen molar-refractivity contribution in [1.82, 2.24) is 0 Å². The molecule has 1 heterocycles. The molecule has 20 heavy (non-hydrogen) atoms. The molecule has 0 aromatic heterocycles. The SMILES string of the molecule is OC1CCC2=C(C1)c1ccccc1Oc1ccccc12. The van der Waals surface area contributed by atoms with E-state index < -0.39 is 0 Å². The zero-order valence-electron chi connectivity index (χ0n) is 11.2. The summed E-state index contributed by atoms with van der Waals surface area (Å²) in [6.07, 6.45) is 2.21. The molecule has 1 atom stereocenters. The van der Waals surface area contributed by atoms with Crippen LogP contribution in [-0.4, -0.2) is 11.2 Å². The Morgan fingerprint density at radius 2 is 1.45 bits per heavy atom. The van der Waals surface area contributed by atoms with Crippen LogP contribution in [0.2, 0.25) is 0 Å². The van der Waals surface area contributed by atoms with Gasteiger partial charge < -0.3 is 9.84 Å². The zero-order valence-corrected chi connectivity index (χ0v) is 11.2. The van der Waals surface area contributed by atoms with Crippen molar-refractivity contribution in [2.45, 2.75) is 25.4 Å². The van der Waals surface area contributed by atoms with Crippen molar-refractivity contribution in [3.05, 3.63) is 59.7 Å². The van der Waals surface area contributed by atoms with Crippen molar-refractivity contribution in [3.8, 4) is 11.5 Å². The van der Waals surface area contributed by atoms with Crippen LogP contribution < -0.4 is 4.74 Å². The number of benzene rings is 2. The van der Waals surface area contributed by atoms with E-state index in [2.05, 4.69) is 12.1 Å². The second-order valence-electron chi connectivity index (χ2n) is 5.45. The lowest BCUT2D eigenvalue weighted by atomic mass is 9.83. The number of fused-ring (bicyclic) bond motifs is 4. The van der Waals surface area contributed by atoms with E-state index in [0.717, 1.165) is 29.9 Å². The van der Waals surface area contributed by atoms with E-state index >= 15 is 0 Å². The standard InChI is InChI=1S/C18H16O2/c19-12-9-10-13-14-5-1-3-7-17(14)20-18-8-4-2-6-15(18)16(13)11-12/h1-8,12,19H,9-11H2. The largest absolute Gasteiger partial charge is 0.456 e. The second-order valence-corrected chi connectivity index (χ2v) is 5.45. The van der Waals surface area contributed by atoms with Gasteiger partial charge in [0.25, 0.3) is 0 Å². The molecule has 1 aliphatic heterocycles. The van der Waals surface area contributed by atoms with Crippen LogP contribution in [0.3, 0.4) is 0 Å². The number of para-hydroxylation sites is 2. The molecule has 0 saturated carbocycles. The molecule has 2 aromatic rings. The van der Waals surface area contributed by atoms with E-state index in [1.54, 1.807) is 0 Å². The quantitative estimate of drug-likeness (QED) is 0.771. The Morgan fingerprint density at radius 1 is 0.850 bits per heavy atom. The predicted octanol–water partition coefficient (Wildman–Crippen LogP) is 4.25. The number of ether oxygens (including phenoxy) is 1. The minimum Gasteiger partial charge on any atom is -0.456 e. The first-order valence-electron chi connectivity index (χ1n) is 7.09. The summed E-state index contributed by atoms with van der Waals surface area (Å²) in [7, 11) is 0. The first-order chi connectivity index (χ1) is 9.83. The van der Waals surface area contributed by atoms with Crippen molar-refractivity contribution in [1.29, 1.82) is 0 Å². The molecule has 100 valence electrons. The molecule has 4 rings (SSSR count). The maximum Gasteiger partial charge on any atom is 0.134 e. The number of aliphatic hydroxyl groups is 1. The molecular weight excluding hydrogens is 248 g/mol. The lowest BCUT2D eigenvalue weighted by Crippen LogP contribution is -2.13. The molecule has 0 radical (unpaired) electrons. The summed E-state index contributed by atoms with van der Waals surface area (Å²) >= 11 is 0. The smallest absolute Gasteiger partial charge is 0.134 e. The normalized spacial score (nSPS) is 20.4. The van der Waals surface area contributed by atoms with Gasteiger partial charge in [0.15, 0.2) is 0 Å². The van der Waals surface area contributed by atoms with Crippen LogP contribution in [-0.2, 0) is 0 Å². The van der Waals surface area contributed by atoms with Gasteiger partial charge in [0.05, 0.1) is 6.10 Å². The highest BCUT2D eigenvalue weighted by atomic mass is 16.5. The molecule has 0 fully saturated rings. The van der Waals surface area contributed by atoms with Crippen molar-refractivity contribution >= 4 is 11.1 Å². The van der Waals surface area contributed by atoms with Crippen LogP contribution in [0.5, 0.6) is 11.5 Å². The van der Waals surface area contributed by atoms with Gasteiger partial charge in [-0.3, -0.25) is 0 Å². The van der Waals surface area contributed by atoms with Crippen LogP contribution in [0.15, 0.2) is 48.5 Å². The monoisotopic (exact) mass is 264 g/mol. The molecule has 2 nitrogen and oxygen atoms in total. The third kappa shape index (κ3) is 1.76. The third-order valence-corrected chi connectivity index (χ3v) is 4.18. The topological polar surface area (TPSA) is 29.5 Å². The van der Waals surface area contributed by atoms with Crippen molar-refractivity contribution < 1.29 is 9.84 Å². The van der Waals surface area contributed by atoms with Crippen LogP contribution in [0.4, 0.5) is 0 Å². The van der Waals surface area contributed by atoms with Gasteiger partial charge in [-0.1, -0.05) is 36.4 Å². The fourth-order valence-electron chi connectivity index (χ4n) is 3.22. The predicted molar refractivity (Wildman–Crippen MR) is 79.6 cm³/mol. The maximum absolute atomic E-state index is 10.0. The Balaban J connectivity index is 2.01. The minimum atomic E-state index is -0.243. The van der Waals surface area contributed by atoms with E-state index in [4.69, 9.17) is 4.74 Å². The van der Waals surface area contributed by atoms with Crippen LogP contribution in [0.25, 0.3) is 11.1 Å². The van der Waals surface area contributed by atoms with Gasteiger partial charge >= 0.3 is 0 Å². The minimum absolute atomic E-state index is 0.243. The maximum atomic E-state index is 10.0. The molecular formula is C18H16O2. The lowest BCUT2D eigenvalue weighted by Gasteiger charge is -2.23. The summed E-state index contributed by atoms with van der Waals surface area (Å²) in [5.41, 5.74) is 4.86. The number of allylic oxidation sites excluding steroid dienone is 1. The van der Waals surface area contributed by atoms with Gasteiger partial charge in [0, 0.05) is 11.1 Å². The summed E-state index contributed by atoms with van der Waals surface area (Å²) in [4.78, 5) is 0. The van der Waals surface area contributed by atoms with E-state index in [1.807, 2.05) is 36.4 Å². The molecule has 0 spiro atoms. The number of hydrogen-bond donors (Lipinski definition) is 1. The average molecular weight is 264 g/mol. The van der Waals surface area contributed by atoms with Gasteiger partial charge in [-0.2, -0.15) is 0 Å². The van der Waals surface area contributed by atoms with Crippen LogP contribution in [0.1, 0.15) is 30.4 Å². The molecule has 0 bridgehead atoms. The molecule has 2 heteroatoms. The van der Waals surface area contributed by atoms with Crippen molar-refractivity contribution in [2.24, 2.45) is 0 Å². The van der Waals surface area contributed by atoms with E-state index in [1.165, 1.54) is 16.7 Å². The Kier molecular flexibility index (Phi) is 2.64. The Morgan fingerprint density at radius 3 is 2.15 bits per heavy atom.